The number of hydrogen-bond acceptors (Lipinski definition) is 9. The first kappa shape index (κ1) is 28.2. The van der Waals surface area contributed by atoms with E-state index in [1.165, 1.54) is 53.3 Å². The molecule has 0 fully saturated rings. The van der Waals surface area contributed by atoms with Crippen LogP contribution in [0.3, 0.4) is 0 Å². The van der Waals surface area contributed by atoms with Gasteiger partial charge in [0.25, 0.3) is 5.91 Å². The van der Waals surface area contributed by atoms with Crippen LogP contribution >= 0.6 is 23.1 Å². The zero-order chi connectivity index (χ0) is 29.9. The Morgan fingerprint density at radius 2 is 1.77 bits per heavy atom. The number of aliphatic hydroxyl groups is 1. The number of nitrogens with zero attached hydrogens (tertiary/aromatic N) is 3. The number of anilines is 1. The molecule has 0 radical (unpaired) electrons. The summed E-state index contributed by atoms with van der Waals surface area (Å²) in [5.74, 6) is -1.28. The largest absolute Gasteiger partial charge is 0.504 e. The number of hydrogen-bond donors (Lipinski definition) is 2. The summed E-state index contributed by atoms with van der Waals surface area (Å²) < 4.78 is 5.92. The number of benzene rings is 4. The van der Waals surface area contributed by atoms with Gasteiger partial charge in [-0.05, 0) is 45.7 Å². The summed E-state index contributed by atoms with van der Waals surface area (Å²) in [4.78, 5) is 28.3. The van der Waals surface area contributed by atoms with Crippen LogP contribution < -0.4 is 9.64 Å². The lowest BCUT2D eigenvalue weighted by Gasteiger charge is -2.24. The fourth-order valence-electron chi connectivity index (χ4n) is 4.98. The van der Waals surface area contributed by atoms with E-state index in [-0.39, 0.29) is 22.2 Å². The summed E-state index contributed by atoms with van der Waals surface area (Å²) in [6.45, 7) is 0. The van der Waals surface area contributed by atoms with Crippen LogP contribution in [-0.4, -0.2) is 39.2 Å². The molecule has 1 aliphatic rings. The molecule has 6 rings (SSSR count). The monoisotopic (exact) mass is 607 g/mol. The molecule has 214 valence electrons. The quantitative estimate of drug-likeness (QED) is 0.106. The highest BCUT2D eigenvalue weighted by molar-refractivity contribution is 8.00. The van der Waals surface area contributed by atoms with Gasteiger partial charge in [-0.2, -0.15) is 0 Å². The van der Waals surface area contributed by atoms with Crippen molar-refractivity contribution in [2.24, 2.45) is 0 Å². The van der Waals surface area contributed by atoms with E-state index in [0.717, 1.165) is 21.9 Å². The second kappa shape index (κ2) is 12.1. The lowest BCUT2D eigenvalue weighted by molar-refractivity contribution is -0.117. The number of aromatic nitrogens is 2. The van der Waals surface area contributed by atoms with E-state index in [9.17, 15) is 19.8 Å². The van der Waals surface area contributed by atoms with Crippen molar-refractivity contribution < 1.29 is 24.5 Å². The zero-order valence-electron chi connectivity index (χ0n) is 22.9. The number of thioether (sulfide) groups is 1. The average molecular weight is 608 g/mol. The summed E-state index contributed by atoms with van der Waals surface area (Å²) in [7, 11) is 1.41. The second-order valence-electron chi connectivity index (χ2n) is 9.66. The van der Waals surface area contributed by atoms with Gasteiger partial charge in [0.1, 0.15) is 0 Å². The predicted octanol–water partition coefficient (Wildman–Crippen LogP) is 6.88. The van der Waals surface area contributed by atoms with Crippen LogP contribution in [0.4, 0.5) is 5.13 Å². The number of aromatic hydroxyl groups is 1. The maximum absolute atomic E-state index is 13.5. The molecule has 5 aromatic rings. The molecule has 0 spiro atoms. The lowest BCUT2D eigenvalue weighted by atomic mass is 9.95. The average Bonchev–Trinajstić information content (AvgIpc) is 3.61. The second-order valence-corrected chi connectivity index (χ2v) is 11.8. The van der Waals surface area contributed by atoms with Gasteiger partial charge in [-0.1, -0.05) is 108 Å². The van der Waals surface area contributed by atoms with E-state index < -0.39 is 23.5 Å². The van der Waals surface area contributed by atoms with Crippen molar-refractivity contribution in [3.8, 4) is 11.5 Å². The molecule has 2 heterocycles. The first-order valence-corrected chi connectivity index (χ1v) is 15.1. The highest BCUT2D eigenvalue weighted by Gasteiger charge is 2.45. The van der Waals surface area contributed by atoms with E-state index in [0.29, 0.717) is 15.7 Å². The minimum Gasteiger partial charge on any atom is -0.504 e. The summed E-state index contributed by atoms with van der Waals surface area (Å²) in [6.07, 6.45) is 2.95. The molecule has 1 aliphatic heterocycles. The van der Waals surface area contributed by atoms with Crippen LogP contribution in [0.2, 0.25) is 0 Å². The molecule has 4 aromatic carbocycles. The molecule has 1 amide bonds. The summed E-state index contributed by atoms with van der Waals surface area (Å²) in [5, 5.41) is 32.4. The van der Waals surface area contributed by atoms with Crippen LogP contribution in [-0.2, 0) is 15.3 Å². The van der Waals surface area contributed by atoms with Crippen molar-refractivity contribution in [1.29, 1.82) is 0 Å². The number of methoxy groups -OCH3 is 1. The van der Waals surface area contributed by atoms with Crippen molar-refractivity contribution in [3.05, 3.63) is 125 Å². The van der Waals surface area contributed by atoms with Crippen LogP contribution in [0.5, 0.6) is 11.5 Å². The van der Waals surface area contributed by atoms with Gasteiger partial charge in [0.2, 0.25) is 5.13 Å². The Morgan fingerprint density at radius 3 is 2.58 bits per heavy atom. The van der Waals surface area contributed by atoms with Crippen LogP contribution in [0.1, 0.15) is 22.7 Å². The smallest absolute Gasteiger partial charge is 0.296 e. The van der Waals surface area contributed by atoms with Gasteiger partial charge in [0.05, 0.1) is 18.7 Å². The standard InChI is InChI=1S/C33H25N3O5S2/c1-41-27-18-22(15-17-25(27)37)29-28(26(38)16-14-20-8-3-2-4-9-20)30(39)31(40)36(29)32-34-35-33(43-32)42-19-23-12-7-11-21-10-5-6-13-24(21)23/h2-18,29,37,39H,19H2,1H3. The van der Waals surface area contributed by atoms with Crippen molar-refractivity contribution in [1.82, 2.24) is 10.2 Å². The van der Waals surface area contributed by atoms with Crippen LogP contribution in [0.25, 0.3) is 16.8 Å². The number of allylic oxidation sites excluding steroid dienone is 1. The fraction of sp³-hybridized carbons (Fsp3) is 0.0909. The molecule has 2 N–H and O–H groups in total. The van der Waals surface area contributed by atoms with Gasteiger partial charge < -0.3 is 14.9 Å². The third-order valence-electron chi connectivity index (χ3n) is 7.05. The van der Waals surface area contributed by atoms with Crippen LogP contribution in [0.15, 0.2) is 113 Å². The highest BCUT2D eigenvalue weighted by Crippen LogP contribution is 2.45. The number of ether oxygens (including phenoxy) is 1. The van der Waals surface area contributed by atoms with Gasteiger partial charge in [0.15, 0.2) is 27.4 Å². The predicted molar refractivity (Wildman–Crippen MR) is 168 cm³/mol. The molecule has 10 heteroatoms. The molecular weight excluding hydrogens is 583 g/mol. The maximum atomic E-state index is 13.5. The number of phenols is 1. The summed E-state index contributed by atoms with van der Waals surface area (Å²) >= 11 is 2.68. The fourth-order valence-corrected chi connectivity index (χ4v) is 6.85. The van der Waals surface area contributed by atoms with Crippen molar-refractivity contribution in [2.75, 3.05) is 12.0 Å². The molecule has 1 unspecified atom stereocenters. The lowest BCUT2D eigenvalue weighted by Crippen LogP contribution is -2.30. The van der Waals surface area contributed by atoms with E-state index in [1.54, 1.807) is 12.1 Å². The number of carbonyl (C=O) groups excluding carboxylic acids is 2. The van der Waals surface area contributed by atoms with Gasteiger partial charge in [-0.15, -0.1) is 10.2 Å². The molecule has 0 saturated heterocycles. The van der Waals surface area contributed by atoms with Gasteiger partial charge in [-0.25, -0.2) is 0 Å². The Balaban J connectivity index is 1.33. The number of amides is 1. The molecule has 8 nitrogen and oxygen atoms in total. The minimum absolute atomic E-state index is 0.102. The molecule has 0 bridgehead atoms. The Labute approximate surface area is 255 Å². The number of rotatable bonds is 9. The summed E-state index contributed by atoms with van der Waals surface area (Å²) in [5.41, 5.74) is 2.27. The molecular formula is C33H25N3O5S2. The molecule has 1 aromatic heterocycles. The van der Waals surface area contributed by atoms with Gasteiger partial charge >= 0.3 is 0 Å². The number of fused-ring (bicyclic) bond motifs is 1. The van der Waals surface area contributed by atoms with Crippen molar-refractivity contribution >= 4 is 56.8 Å². The minimum atomic E-state index is -1.03. The van der Waals surface area contributed by atoms with Crippen molar-refractivity contribution in [3.63, 3.8) is 0 Å². The maximum Gasteiger partial charge on any atom is 0.296 e. The number of phenolic OH excluding ortho intramolecular Hbond substituents is 1. The number of ketones is 1. The normalized spacial score (nSPS) is 15.1. The number of aliphatic hydroxyl groups excluding tert-OH is 1. The molecule has 0 saturated carbocycles. The third-order valence-corrected chi connectivity index (χ3v) is 9.16. The number of carbonyl (C=O) groups is 2. The Kier molecular flexibility index (Phi) is 7.95. The van der Waals surface area contributed by atoms with E-state index in [4.69, 9.17) is 4.74 Å². The zero-order valence-corrected chi connectivity index (χ0v) is 24.5. The molecule has 43 heavy (non-hydrogen) atoms. The highest BCUT2D eigenvalue weighted by atomic mass is 32.2. The van der Waals surface area contributed by atoms with Crippen LogP contribution in [0, 0.1) is 0 Å². The van der Waals surface area contributed by atoms with E-state index in [2.05, 4.69) is 34.5 Å². The first-order chi connectivity index (χ1) is 20.9. The van der Waals surface area contributed by atoms with Crippen molar-refractivity contribution in [2.45, 2.75) is 16.1 Å². The van der Waals surface area contributed by atoms with Gasteiger partial charge in [-0.3, -0.25) is 14.5 Å². The summed E-state index contributed by atoms with van der Waals surface area (Å²) in [6, 6.07) is 27.0. The SMILES string of the molecule is COc1cc(C2C(C(=O)C=Cc3ccccc3)=C(O)C(=O)N2c2nnc(SCc3cccc4ccccc34)s2)ccc1O. The Bertz CT molecular complexity index is 1900. The third kappa shape index (κ3) is 5.62. The van der Waals surface area contributed by atoms with E-state index >= 15 is 0 Å². The topological polar surface area (TPSA) is 113 Å². The Hall–Kier alpha value is -4.93. The van der Waals surface area contributed by atoms with Gasteiger partial charge in [0, 0.05) is 5.75 Å². The Morgan fingerprint density at radius 1 is 1.00 bits per heavy atom. The first-order valence-electron chi connectivity index (χ1n) is 13.3. The molecule has 1 atom stereocenters. The van der Waals surface area contributed by atoms with E-state index in [1.807, 2.05) is 48.5 Å². The molecule has 0 aliphatic carbocycles.